The second-order valence-corrected chi connectivity index (χ2v) is 4.90. The molecule has 0 radical (unpaired) electrons. The number of hydrogen-bond donors (Lipinski definition) is 0. The lowest BCUT2D eigenvalue weighted by Gasteiger charge is -2.08. The van der Waals surface area contributed by atoms with Crippen LogP contribution in [0.15, 0.2) is 26.4 Å². The van der Waals surface area contributed by atoms with Gasteiger partial charge in [-0.05, 0) is 19.8 Å². The van der Waals surface area contributed by atoms with Gasteiger partial charge >= 0.3 is 5.69 Å². The Hall–Kier alpha value is -2.62. The summed E-state index contributed by atoms with van der Waals surface area (Å²) in [5.74, 6) is 0.416. The van der Waals surface area contributed by atoms with Crippen LogP contribution in [0, 0.1) is 18.3 Å². The highest BCUT2D eigenvalue weighted by Gasteiger charge is 2.27. The molecule has 0 amide bonds. The van der Waals surface area contributed by atoms with Crippen LogP contribution in [-0.2, 0) is 6.54 Å². The Morgan fingerprint density at radius 3 is 2.80 bits per heavy atom. The van der Waals surface area contributed by atoms with E-state index in [0.717, 1.165) is 17.4 Å². The van der Waals surface area contributed by atoms with Gasteiger partial charge in [0.25, 0.3) is 5.56 Å². The van der Waals surface area contributed by atoms with Crippen LogP contribution in [0.5, 0.6) is 0 Å². The van der Waals surface area contributed by atoms with Gasteiger partial charge in [-0.15, -0.1) is 0 Å². The predicted molar refractivity (Wildman–Crippen MR) is 68.3 cm³/mol. The fourth-order valence-corrected chi connectivity index (χ4v) is 2.10. The molecule has 0 aromatic carbocycles. The summed E-state index contributed by atoms with van der Waals surface area (Å²) in [6.45, 7) is 1.74. The molecule has 0 bridgehead atoms. The van der Waals surface area contributed by atoms with Crippen LogP contribution in [0.4, 0.5) is 0 Å². The van der Waals surface area contributed by atoms with Crippen molar-refractivity contribution < 1.29 is 4.52 Å². The molecule has 1 aliphatic rings. The minimum absolute atomic E-state index is 0.0131. The van der Waals surface area contributed by atoms with Gasteiger partial charge in [0.2, 0.25) is 0 Å². The quantitative estimate of drug-likeness (QED) is 0.813. The maximum Gasteiger partial charge on any atom is 0.331 e. The lowest BCUT2D eigenvalue weighted by atomic mass is 10.3. The van der Waals surface area contributed by atoms with Crippen molar-refractivity contribution in [2.24, 2.45) is 0 Å². The molecule has 102 valence electrons. The van der Waals surface area contributed by atoms with E-state index in [-0.39, 0.29) is 18.2 Å². The number of nitrogens with zero attached hydrogens (tertiary/aromatic N) is 4. The van der Waals surface area contributed by atoms with Gasteiger partial charge in [-0.3, -0.25) is 13.9 Å². The molecule has 0 saturated heterocycles. The molecule has 2 aromatic heterocycles. The average molecular weight is 272 g/mol. The molecule has 0 unspecified atom stereocenters. The summed E-state index contributed by atoms with van der Waals surface area (Å²) in [7, 11) is 0. The highest BCUT2D eigenvalue weighted by Crippen LogP contribution is 2.33. The topological polar surface area (TPSA) is 93.8 Å². The molecule has 7 heteroatoms. The van der Waals surface area contributed by atoms with Gasteiger partial charge in [0.15, 0.2) is 5.76 Å². The molecule has 7 nitrogen and oxygen atoms in total. The zero-order valence-electron chi connectivity index (χ0n) is 10.9. The summed E-state index contributed by atoms with van der Waals surface area (Å²) < 4.78 is 7.51. The Bertz CT molecular complexity index is 817. The van der Waals surface area contributed by atoms with E-state index in [0.29, 0.717) is 11.5 Å². The SMILES string of the molecule is Cc1cc(Cn2c(=O)c(C#N)cn(C3CC3)c2=O)on1. The van der Waals surface area contributed by atoms with Crippen molar-refractivity contribution >= 4 is 0 Å². The Labute approximate surface area is 113 Å². The molecule has 1 fully saturated rings. The first-order chi connectivity index (χ1) is 9.60. The highest BCUT2D eigenvalue weighted by molar-refractivity contribution is 5.23. The van der Waals surface area contributed by atoms with Gasteiger partial charge in [-0.1, -0.05) is 5.16 Å². The van der Waals surface area contributed by atoms with Crippen molar-refractivity contribution in [2.45, 2.75) is 32.4 Å². The number of nitriles is 1. The van der Waals surface area contributed by atoms with E-state index in [1.807, 2.05) is 6.07 Å². The largest absolute Gasteiger partial charge is 0.359 e. The molecule has 0 N–H and O–H groups in total. The Balaban J connectivity index is 2.13. The zero-order valence-corrected chi connectivity index (χ0v) is 10.9. The first-order valence-corrected chi connectivity index (χ1v) is 6.28. The van der Waals surface area contributed by atoms with Crippen LogP contribution in [0.1, 0.15) is 35.9 Å². The number of hydrogen-bond acceptors (Lipinski definition) is 5. The van der Waals surface area contributed by atoms with Gasteiger partial charge in [0.05, 0.1) is 12.2 Å². The van der Waals surface area contributed by atoms with Crippen LogP contribution < -0.4 is 11.2 Å². The normalized spacial score (nSPS) is 14.2. The van der Waals surface area contributed by atoms with Crippen molar-refractivity contribution in [2.75, 3.05) is 0 Å². The van der Waals surface area contributed by atoms with Crippen LogP contribution >= 0.6 is 0 Å². The summed E-state index contributed by atoms with van der Waals surface area (Å²) >= 11 is 0. The van der Waals surface area contributed by atoms with E-state index < -0.39 is 11.2 Å². The van der Waals surface area contributed by atoms with Crippen LogP contribution in [-0.4, -0.2) is 14.3 Å². The van der Waals surface area contributed by atoms with E-state index >= 15 is 0 Å². The third-order valence-corrected chi connectivity index (χ3v) is 3.25. The Morgan fingerprint density at radius 1 is 1.50 bits per heavy atom. The van der Waals surface area contributed by atoms with Gasteiger partial charge < -0.3 is 4.52 Å². The van der Waals surface area contributed by atoms with Gasteiger partial charge in [-0.2, -0.15) is 5.26 Å². The summed E-state index contributed by atoms with van der Waals surface area (Å²) in [6, 6.07) is 3.59. The molecule has 2 aromatic rings. The first kappa shape index (κ1) is 12.4. The summed E-state index contributed by atoms with van der Waals surface area (Å²) in [6.07, 6.45) is 3.14. The Morgan fingerprint density at radius 2 is 2.25 bits per heavy atom. The molecule has 0 aliphatic heterocycles. The minimum Gasteiger partial charge on any atom is -0.359 e. The maximum absolute atomic E-state index is 12.3. The molecule has 2 heterocycles. The zero-order chi connectivity index (χ0) is 14.3. The molecular formula is C13H12N4O3. The smallest absolute Gasteiger partial charge is 0.331 e. The maximum atomic E-state index is 12.3. The monoisotopic (exact) mass is 272 g/mol. The third kappa shape index (κ3) is 2.05. The number of aromatic nitrogens is 3. The van der Waals surface area contributed by atoms with Crippen molar-refractivity contribution in [3.63, 3.8) is 0 Å². The molecule has 0 spiro atoms. The minimum atomic E-state index is -0.594. The second kappa shape index (κ2) is 4.49. The lowest BCUT2D eigenvalue weighted by Crippen LogP contribution is -2.40. The van der Waals surface area contributed by atoms with Gasteiger partial charge in [0, 0.05) is 18.3 Å². The van der Waals surface area contributed by atoms with E-state index in [4.69, 9.17) is 9.78 Å². The van der Waals surface area contributed by atoms with Gasteiger partial charge in [0.1, 0.15) is 11.6 Å². The van der Waals surface area contributed by atoms with Crippen molar-refractivity contribution in [3.8, 4) is 6.07 Å². The Kier molecular flexibility index (Phi) is 2.79. The van der Waals surface area contributed by atoms with Gasteiger partial charge in [-0.25, -0.2) is 4.79 Å². The predicted octanol–water partition coefficient (Wildman–Crippen LogP) is 0.561. The summed E-state index contributed by atoms with van der Waals surface area (Å²) in [5, 5.41) is 12.7. The van der Waals surface area contributed by atoms with Crippen molar-refractivity contribution in [3.05, 3.63) is 50.1 Å². The fourth-order valence-electron chi connectivity index (χ4n) is 2.10. The molecule has 20 heavy (non-hydrogen) atoms. The molecule has 0 atom stereocenters. The third-order valence-electron chi connectivity index (χ3n) is 3.25. The first-order valence-electron chi connectivity index (χ1n) is 6.28. The molecule has 1 aliphatic carbocycles. The summed E-state index contributed by atoms with van der Waals surface area (Å²) in [5.41, 5.74) is -0.367. The fraction of sp³-hybridized carbons (Fsp3) is 0.385. The number of rotatable bonds is 3. The summed E-state index contributed by atoms with van der Waals surface area (Å²) in [4.78, 5) is 24.4. The molecule has 1 saturated carbocycles. The van der Waals surface area contributed by atoms with Crippen LogP contribution in [0.2, 0.25) is 0 Å². The number of aryl methyl sites for hydroxylation is 1. The van der Waals surface area contributed by atoms with Crippen LogP contribution in [0.3, 0.4) is 0 Å². The van der Waals surface area contributed by atoms with Crippen LogP contribution in [0.25, 0.3) is 0 Å². The van der Waals surface area contributed by atoms with Crippen molar-refractivity contribution in [1.29, 1.82) is 5.26 Å². The van der Waals surface area contributed by atoms with E-state index in [9.17, 15) is 9.59 Å². The molecule has 3 rings (SSSR count). The lowest BCUT2D eigenvalue weighted by molar-refractivity contribution is 0.367. The second-order valence-electron chi connectivity index (χ2n) is 4.90. The van der Waals surface area contributed by atoms with E-state index in [1.165, 1.54) is 10.8 Å². The van der Waals surface area contributed by atoms with Crippen molar-refractivity contribution in [1.82, 2.24) is 14.3 Å². The van der Waals surface area contributed by atoms with E-state index in [1.54, 1.807) is 13.0 Å². The standard InChI is InChI=1S/C13H12N4O3/c1-8-4-11(20-15-8)7-17-12(18)9(5-14)6-16(13(17)19)10-2-3-10/h4,6,10H,2-3,7H2,1H3. The average Bonchev–Trinajstić information content (AvgIpc) is 3.18. The molecular weight excluding hydrogens is 260 g/mol. The van der Waals surface area contributed by atoms with E-state index in [2.05, 4.69) is 5.16 Å². The highest BCUT2D eigenvalue weighted by atomic mass is 16.5.